The van der Waals surface area contributed by atoms with E-state index in [4.69, 9.17) is 4.52 Å². The number of rotatable bonds is 5. The second-order valence-corrected chi connectivity index (χ2v) is 12.8. The zero-order valence-electron chi connectivity index (χ0n) is 21.3. The smallest absolute Gasteiger partial charge is 0.248 e. The number of para-hydroxylation sites is 1. The molecule has 10 heteroatoms. The largest absolute Gasteiger partial charge is 0.355 e. The summed E-state index contributed by atoms with van der Waals surface area (Å²) in [7, 11) is -3.93. The summed E-state index contributed by atoms with van der Waals surface area (Å²) in [6.45, 7) is 4.81. The van der Waals surface area contributed by atoms with Crippen LogP contribution in [0.4, 0.5) is 10.1 Å². The van der Waals surface area contributed by atoms with Gasteiger partial charge in [-0.1, -0.05) is 42.4 Å². The van der Waals surface area contributed by atoms with Gasteiger partial charge in [-0.05, 0) is 56.0 Å². The summed E-state index contributed by atoms with van der Waals surface area (Å²) < 4.78 is 48.0. The lowest BCUT2D eigenvalue weighted by Crippen LogP contribution is -2.45. The summed E-state index contributed by atoms with van der Waals surface area (Å²) in [5, 5.41) is 3.87. The van der Waals surface area contributed by atoms with Crippen LogP contribution < -0.4 is 4.90 Å². The topological polar surface area (TPSA) is 83.7 Å². The average Bonchev–Trinajstić information content (AvgIpc) is 3.22. The standard InChI is InChI=1S/C28H30FN3O4S2/c1-19-17-32(24-9-5-6-10-26(24)37-18-19)28(33)22-13-15-31(16-14-22)38(34,35)27-20(2)30-36-25(27)12-11-21-7-3-4-8-23(21)29/h3-12,19,22H,13-18H2,1-2H3/b12-11+/t19-/m1/s1. The third kappa shape index (κ3) is 5.30. The maximum Gasteiger partial charge on any atom is 0.248 e. The Morgan fingerprint density at radius 1 is 1.11 bits per heavy atom. The first kappa shape index (κ1) is 26.6. The maximum absolute atomic E-state index is 14.0. The van der Waals surface area contributed by atoms with Crippen molar-refractivity contribution in [2.75, 3.05) is 30.3 Å². The fourth-order valence-electron chi connectivity index (χ4n) is 4.97. The van der Waals surface area contributed by atoms with E-state index in [0.29, 0.717) is 30.9 Å². The minimum Gasteiger partial charge on any atom is -0.355 e. The number of carbonyl (C=O) groups excluding carboxylic acids is 1. The molecule has 3 heterocycles. The highest BCUT2D eigenvalue weighted by Crippen LogP contribution is 2.37. The van der Waals surface area contributed by atoms with E-state index < -0.39 is 15.8 Å². The molecule has 0 spiro atoms. The molecule has 7 nitrogen and oxygen atoms in total. The Balaban J connectivity index is 1.32. The number of hydrogen-bond donors (Lipinski definition) is 0. The van der Waals surface area contributed by atoms with Crippen LogP contribution in [0.15, 0.2) is 62.8 Å². The lowest BCUT2D eigenvalue weighted by Gasteiger charge is -2.34. The molecule has 1 aromatic heterocycles. The van der Waals surface area contributed by atoms with E-state index in [1.54, 1.807) is 36.9 Å². The van der Waals surface area contributed by atoms with Crippen LogP contribution in [0.25, 0.3) is 12.2 Å². The first-order valence-corrected chi connectivity index (χ1v) is 15.1. The quantitative estimate of drug-likeness (QED) is 0.415. The molecule has 200 valence electrons. The van der Waals surface area contributed by atoms with Gasteiger partial charge in [-0.15, -0.1) is 11.8 Å². The van der Waals surface area contributed by atoms with Gasteiger partial charge in [0.1, 0.15) is 11.5 Å². The van der Waals surface area contributed by atoms with Crippen LogP contribution in [0.5, 0.6) is 0 Å². The molecular formula is C28H30FN3O4S2. The van der Waals surface area contributed by atoms with Crippen LogP contribution in [-0.2, 0) is 14.8 Å². The molecule has 1 fully saturated rings. The number of anilines is 1. The Kier molecular flexibility index (Phi) is 7.74. The van der Waals surface area contributed by atoms with E-state index in [-0.39, 0.29) is 41.3 Å². The van der Waals surface area contributed by atoms with Gasteiger partial charge in [-0.3, -0.25) is 4.79 Å². The molecule has 0 N–H and O–H groups in total. The van der Waals surface area contributed by atoms with Crippen molar-refractivity contribution in [3.8, 4) is 0 Å². The normalized spacial score (nSPS) is 19.4. The minimum absolute atomic E-state index is 0.0258. The van der Waals surface area contributed by atoms with Gasteiger partial charge in [0.15, 0.2) is 10.7 Å². The Hall–Kier alpha value is -2.95. The molecule has 0 bridgehead atoms. The number of hydrogen-bond acceptors (Lipinski definition) is 6. The Morgan fingerprint density at radius 3 is 2.58 bits per heavy atom. The number of thioether (sulfide) groups is 1. The van der Waals surface area contributed by atoms with Crippen LogP contribution in [0.2, 0.25) is 0 Å². The van der Waals surface area contributed by atoms with E-state index in [2.05, 4.69) is 12.1 Å². The van der Waals surface area contributed by atoms with Gasteiger partial charge in [0, 0.05) is 41.8 Å². The van der Waals surface area contributed by atoms with E-state index in [1.807, 2.05) is 29.2 Å². The number of fused-ring (bicyclic) bond motifs is 1. The van der Waals surface area contributed by atoms with E-state index >= 15 is 0 Å². The zero-order valence-corrected chi connectivity index (χ0v) is 23.0. The number of aromatic nitrogens is 1. The van der Waals surface area contributed by atoms with Crippen LogP contribution in [0.1, 0.15) is 36.8 Å². The lowest BCUT2D eigenvalue weighted by molar-refractivity contribution is -0.123. The summed E-state index contributed by atoms with van der Waals surface area (Å²) in [4.78, 5) is 16.6. The highest BCUT2D eigenvalue weighted by Gasteiger charge is 2.38. The van der Waals surface area contributed by atoms with Crippen molar-refractivity contribution >= 4 is 45.5 Å². The van der Waals surface area contributed by atoms with Crippen LogP contribution in [-0.4, -0.2) is 49.2 Å². The Labute approximate surface area is 226 Å². The molecule has 2 aliphatic rings. The van der Waals surface area contributed by atoms with Crippen molar-refractivity contribution < 1.29 is 22.1 Å². The SMILES string of the molecule is Cc1noc(/C=C/c2ccccc2F)c1S(=O)(=O)N1CCC(C(=O)N2C[C@@H](C)CSc3ccccc32)CC1. The van der Waals surface area contributed by atoms with Gasteiger partial charge >= 0.3 is 0 Å². The van der Waals surface area contributed by atoms with Gasteiger partial charge < -0.3 is 9.42 Å². The molecule has 2 aliphatic heterocycles. The van der Waals surface area contributed by atoms with Crippen molar-refractivity contribution in [3.05, 3.63) is 71.4 Å². The fraction of sp³-hybridized carbons (Fsp3) is 0.357. The van der Waals surface area contributed by atoms with Crippen molar-refractivity contribution in [1.29, 1.82) is 0 Å². The molecule has 2 aromatic carbocycles. The number of halogens is 1. The summed E-state index contributed by atoms with van der Waals surface area (Å²) in [5.41, 5.74) is 1.49. The number of carbonyl (C=O) groups is 1. The maximum atomic E-state index is 14.0. The van der Waals surface area contributed by atoms with Crippen molar-refractivity contribution in [2.24, 2.45) is 11.8 Å². The van der Waals surface area contributed by atoms with Crippen LogP contribution in [0.3, 0.4) is 0 Å². The molecular weight excluding hydrogens is 525 g/mol. The number of nitrogens with zero attached hydrogens (tertiary/aromatic N) is 3. The summed E-state index contributed by atoms with van der Waals surface area (Å²) >= 11 is 1.77. The second kappa shape index (κ2) is 11.0. The Bertz CT molecular complexity index is 1460. The first-order chi connectivity index (χ1) is 18.3. The molecule has 0 radical (unpaired) electrons. The predicted molar refractivity (Wildman–Crippen MR) is 147 cm³/mol. The van der Waals surface area contributed by atoms with Crippen LogP contribution in [0, 0.1) is 24.6 Å². The van der Waals surface area contributed by atoms with Gasteiger partial charge in [0.25, 0.3) is 0 Å². The van der Waals surface area contributed by atoms with E-state index in [1.165, 1.54) is 22.5 Å². The summed E-state index contributed by atoms with van der Waals surface area (Å²) in [5.74, 6) is 0.729. The third-order valence-electron chi connectivity index (χ3n) is 6.99. The molecule has 38 heavy (non-hydrogen) atoms. The second-order valence-electron chi connectivity index (χ2n) is 9.83. The third-order valence-corrected chi connectivity index (χ3v) is 10.4. The number of piperidine rings is 1. The highest BCUT2D eigenvalue weighted by atomic mass is 32.2. The predicted octanol–water partition coefficient (Wildman–Crippen LogP) is 5.47. The molecule has 1 saturated heterocycles. The van der Waals surface area contributed by atoms with E-state index in [0.717, 1.165) is 16.3 Å². The minimum atomic E-state index is -3.93. The first-order valence-electron chi connectivity index (χ1n) is 12.7. The molecule has 0 saturated carbocycles. The summed E-state index contributed by atoms with van der Waals surface area (Å²) in [6.07, 6.45) is 3.76. The molecule has 0 aliphatic carbocycles. The Morgan fingerprint density at radius 2 is 1.82 bits per heavy atom. The van der Waals surface area contributed by atoms with Gasteiger partial charge in [-0.25, -0.2) is 12.8 Å². The monoisotopic (exact) mass is 555 g/mol. The number of benzene rings is 2. The summed E-state index contributed by atoms with van der Waals surface area (Å²) in [6, 6.07) is 14.2. The van der Waals surface area contributed by atoms with Crippen molar-refractivity contribution in [2.45, 2.75) is 36.5 Å². The van der Waals surface area contributed by atoms with Gasteiger partial charge in [0.2, 0.25) is 15.9 Å². The highest BCUT2D eigenvalue weighted by molar-refractivity contribution is 7.99. The molecule has 1 atom stereocenters. The van der Waals surface area contributed by atoms with Crippen LogP contribution >= 0.6 is 11.8 Å². The average molecular weight is 556 g/mol. The zero-order chi connectivity index (χ0) is 26.9. The molecule has 3 aromatic rings. The van der Waals surface area contributed by atoms with Crippen molar-refractivity contribution in [1.82, 2.24) is 9.46 Å². The molecule has 0 unspecified atom stereocenters. The van der Waals surface area contributed by atoms with Gasteiger partial charge in [-0.2, -0.15) is 4.31 Å². The molecule has 5 rings (SSSR count). The number of sulfonamides is 1. The lowest BCUT2D eigenvalue weighted by atomic mass is 9.95. The van der Waals surface area contributed by atoms with Gasteiger partial charge in [0.05, 0.1) is 5.69 Å². The number of aryl methyl sites for hydroxylation is 1. The number of amides is 1. The molecule has 1 amide bonds. The fourth-order valence-corrected chi connectivity index (χ4v) is 7.76. The van der Waals surface area contributed by atoms with E-state index in [9.17, 15) is 17.6 Å². The van der Waals surface area contributed by atoms with Crippen molar-refractivity contribution in [3.63, 3.8) is 0 Å².